The van der Waals surface area contributed by atoms with Gasteiger partial charge in [-0.2, -0.15) is 0 Å². The quantitative estimate of drug-likeness (QED) is 0.415. The van der Waals surface area contributed by atoms with Crippen molar-refractivity contribution in [1.82, 2.24) is 5.32 Å². The molecule has 4 saturated heterocycles. The third kappa shape index (κ3) is 4.45. The summed E-state index contributed by atoms with van der Waals surface area (Å²) in [6, 6.07) is -1.01. The topological polar surface area (TPSA) is 130 Å². The summed E-state index contributed by atoms with van der Waals surface area (Å²) in [7, 11) is 0. The minimum atomic E-state index is -1.11. The van der Waals surface area contributed by atoms with Crippen LogP contribution in [0, 0.1) is 29.6 Å². The summed E-state index contributed by atoms with van der Waals surface area (Å²) in [4.78, 5) is 47.9. The smallest absolute Gasteiger partial charge is 0.326 e. The highest BCUT2D eigenvalue weighted by molar-refractivity contribution is 5.85. The van der Waals surface area contributed by atoms with Crippen LogP contribution in [-0.2, 0) is 38.4 Å². The van der Waals surface area contributed by atoms with E-state index in [-0.39, 0.29) is 36.5 Å². The molecule has 1 amide bonds. The van der Waals surface area contributed by atoms with Gasteiger partial charge in [-0.3, -0.25) is 9.59 Å². The van der Waals surface area contributed by atoms with Crippen LogP contribution in [0.25, 0.3) is 0 Å². The summed E-state index contributed by atoms with van der Waals surface area (Å²) in [5.74, 6) is -2.88. The molecule has 2 N–H and O–H groups in total. The average Bonchev–Trinajstić information content (AvgIpc) is 2.99. The number of carbonyl (C=O) groups is 3. The van der Waals surface area contributed by atoms with Gasteiger partial charge in [-0.25, -0.2) is 14.6 Å². The average molecular weight is 484 g/mol. The summed E-state index contributed by atoms with van der Waals surface area (Å²) >= 11 is 0. The van der Waals surface area contributed by atoms with E-state index in [4.69, 9.17) is 24.0 Å². The Bertz CT molecular complexity index is 818. The molecule has 0 unspecified atom stereocenters. The molecule has 1 saturated carbocycles. The fourth-order valence-electron chi connectivity index (χ4n) is 6.17. The molecule has 34 heavy (non-hydrogen) atoms. The van der Waals surface area contributed by atoms with Gasteiger partial charge in [0.25, 0.3) is 0 Å². The van der Waals surface area contributed by atoms with E-state index < -0.39 is 47.9 Å². The number of carboxylic acid groups (broad SMARTS) is 1. The number of ether oxygens (including phenoxy) is 3. The van der Waals surface area contributed by atoms with Crippen LogP contribution in [0.4, 0.5) is 0 Å². The normalized spacial score (nSPS) is 41.8. The van der Waals surface area contributed by atoms with E-state index in [1.165, 1.54) is 0 Å². The standard InChI is InChI=1S/C24H37NO9/c1-12(2)19(20(28)29)25-17(26)8-9-18(27)30-21-14(4)16-7-6-13(3)15-10-11-23(5)32-22(31-21)24(15,16)34-33-23/h12-16,19,21-22H,6-11H2,1-5H3,(H,25,26)(H,28,29)/t13-,14-,15+,16+,19-,21-,22-,23-,24-/m1/s1. The van der Waals surface area contributed by atoms with Crippen LogP contribution in [0.1, 0.15) is 73.1 Å². The Morgan fingerprint density at radius 1 is 1.09 bits per heavy atom. The summed E-state index contributed by atoms with van der Waals surface area (Å²) < 4.78 is 18.1. The maximum absolute atomic E-state index is 12.6. The van der Waals surface area contributed by atoms with Crippen molar-refractivity contribution in [3.05, 3.63) is 0 Å². The lowest BCUT2D eigenvalue weighted by Crippen LogP contribution is -2.70. The minimum Gasteiger partial charge on any atom is -0.480 e. The number of amides is 1. The van der Waals surface area contributed by atoms with Gasteiger partial charge < -0.3 is 24.6 Å². The fraction of sp³-hybridized carbons (Fsp3) is 0.875. The number of hydrogen-bond donors (Lipinski definition) is 2. The number of rotatable bonds is 7. The zero-order chi connectivity index (χ0) is 24.8. The highest BCUT2D eigenvalue weighted by Gasteiger charge is 2.69. The molecular formula is C24H37NO9. The van der Waals surface area contributed by atoms with E-state index >= 15 is 0 Å². The van der Waals surface area contributed by atoms with E-state index in [2.05, 4.69) is 12.2 Å². The SMILES string of the molecule is CC(C)[C@@H](NC(=O)CCC(=O)O[C@@H]1O[C@@H]2O[C@@]3(C)CC[C@H]4[C@H](C)CC[C@@H]([C@H]1C)[C@@]24OO3)C(=O)O. The van der Waals surface area contributed by atoms with Crippen LogP contribution < -0.4 is 5.32 Å². The number of nitrogens with one attached hydrogen (secondary N) is 1. The summed E-state index contributed by atoms with van der Waals surface area (Å²) in [6.07, 6.45) is 1.62. The molecular weight excluding hydrogens is 446 g/mol. The second-order valence-corrected chi connectivity index (χ2v) is 10.9. The molecule has 0 aromatic rings. The van der Waals surface area contributed by atoms with Crippen LogP contribution in [0.2, 0.25) is 0 Å². The van der Waals surface area contributed by atoms with Gasteiger partial charge in [-0.1, -0.05) is 27.7 Å². The number of carbonyl (C=O) groups excluding carboxylic acids is 2. The second-order valence-electron chi connectivity index (χ2n) is 10.9. The molecule has 0 aromatic carbocycles. The molecule has 192 valence electrons. The number of fused-ring (bicyclic) bond motifs is 2. The van der Waals surface area contributed by atoms with Crippen molar-refractivity contribution in [3.8, 4) is 0 Å². The highest BCUT2D eigenvalue weighted by Crippen LogP contribution is 2.60. The van der Waals surface area contributed by atoms with Gasteiger partial charge in [0.15, 0.2) is 11.9 Å². The van der Waals surface area contributed by atoms with E-state index in [0.29, 0.717) is 12.3 Å². The fourth-order valence-corrected chi connectivity index (χ4v) is 6.17. The lowest BCUT2D eigenvalue weighted by molar-refractivity contribution is -0.576. The van der Waals surface area contributed by atoms with Gasteiger partial charge in [0, 0.05) is 24.7 Å². The van der Waals surface area contributed by atoms with Gasteiger partial charge in [-0.05, 0) is 43.9 Å². The van der Waals surface area contributed by atoms with Crippen LogP contribution >= 0.6 is 0 Å². The zero-order valence-electron chi connectivity index (χ0n) is 20.6. The molecule has 0 aromatic heterocycles. The molecule has 5 aliphatic rings. The molecule has 1 aliphatic carbocycles. The molecule has 10 nitrogen and oxygen atoms in total. The first-order valence-electron chi connectivity index (χ1n) is 12.4. The number of carboxylic acids is 1. The van der Waals surface area contributed by atoms with E-state index in [1.807, 2.05) is 13.8 Å². The largest absolute Gasteiger partial charge is 0.480 e. The van der Waals surface area contributed by atoms with Gasteiger partial charge >= 0.3 is 11.9 Å². The monoisotopic (exact) mass is 483 g/mol. The van der Waals surface area contributed by atoms with Crippen LogP contribution in [0.5, 0.6) is 0 Å². The molecule has 0 radical (unpaired) electrons. The van der Waals surface area contributed by atoms with Crippen LogP contribution in [0.15, 0.2) is 0 Å². The van der Waals surface area contributed by atoms with Crippen molar-refractivity contribution in [2.24, 2.45) is 29.6 Å². The first-order valence-corrected chi connectivity index (χ1v) is 12.4. The van der Waals surface area contributed by atoms with Crippen molar-refractivity contribution in [2.45, 2.75) is 103 Å². The molecule has 5 rings (SSSR count). The second kappa shape index (κ2) is 9.37. The van der Waals surface area contributed by atoms with Gasteiger partial charge in [0.05, 0.1) is 6.42 Å². The third-order valence-corrected chi connectivity index (χ3v) is 8.15. The molecule has 9 atom stereocenters. The maximum Gasteiger partial charge on any atom is 0.326 e. The van der Waals surface area contributed by atoms with Crippen molar-refractivity contribution < 1.29 is 43.5 Å². The van der Waals surface area contributed by atoms with Gasteiger partial charge in [-0.15, -0.1) is 0 Å². The maximum atomic E-state index is 12.6. The molecule has 4 heterocycles. The molecule has 2 bridgehead atoms. The lowest BCUT2D eigenvalue weighted by atomic mass is 9.58. The van der Waals surface area contributed by atoms with E-state index in [1.54, 1.807) is 13.8 Å². The number of hydrogen-bond acceptors (Lipinski definition) is 8. The number of aliphatic carboxylic acids is 1. The lowest BCUT2D eigenvalue weighted by Gasteiger charge is -2.59. The Kier molecular flexibility index (Phi) is 6.98. The Balaban J connectivity index is 1.40. The minimum absolute atomic E-state index is 0.0264. The van der Waals surface area contributed by atoms with E-state index in [0.717, 1.165) is 19.3 Å². The Morgan fingerprint density at radius 2 is 1.82 bits per heavy atom. The molecule has 10 heteroatoms. The number of esters is 1. The van der Waals surface area contributed by atoms with Crippen LogP contribution in [0.3, 0.4) is 0 Å². The predicted molar refractivity (Wildman–Crippen MR) is 117 cm³/mol. The van der Waals surface area contributed by atoms with Crippen LogP contribution in [-0.4, -0.2) is 53.0 Å². The Morgan fingerprint density at radius 3 is 2.50 bits per heavy atom. The summed E-state index contributed by atoms with van der Waals surface area (Å²) in [5.41, 5.74) is -0.738. The van der Waals surface area contributed by atoms with Crippen molar-refractivity contribution in [2.75, 3.05) is 0 Å². The first kappa shape index (κ1) is 25.3. The van der Waals surface area contributed by atoms with E-state index in [9.17, 15) is 19.5 Å². The molecule has 4 aliphatic heterocycles. The highest BCUT2D eigenvalue weighted by atomic mass is 17.3. The van der Waals surface area contributed by atoms with Gasteiger partial charge in [0.1, 0.15) is 6.04 Å². The molecule has 1 spiro atoms. The van der Waals surface area contributed by atoms with Crippen molar-refractivity contribution in [3.63, 3.8) is 0 Å². The van der Waals surface area contributed by atoms with Crippen molar-refractivity contribution in [1.29, 1.82) is 0 Å². The summed E-state index contributed by atoms with van der Waals surface area (Å²) in [6.45, 7) is 9.45. The first-order chi connectivity index (χ1) is 16.0. The molecule has 5 fully saturated rings. The zero-order valence-corrected chi connectivity index (χ0v) is 20.6. The Hall–Kier alpha value is -1.75. The summed E-state index contributed by atoms with van der Waals surface area (Å²) in [5, 5.41) is 11.7. The third-order valence-electron chi connectivity index (χ3n) is 8.15. The van der Waals surface area contributed by atoms with Gasteiger partial charge in [0.2, 0.25) is 18.0 Å². The van der Waals surface area contributed by atoms with Crippen molar-refractivity contribution >= 4 is 17.8 Å². The Labute approximate surface area is 199 Å². The predicted octanol–water partition coefficient (Wildman–Crippen LogP) is 2.74.